The number of nitrogens with one attached hydrogen (secondary N) is 1. The molecule has 27 heavy (non-hydrogen) atoms. The van der Waals surface area contributed by atoms with Gasteiger partial charge in [-0.2, -0.15) is 0 Å². The van der Waals surface area contributed by atoms with Crippen molar-refractivity contribution in [1.82, 2.24) is 5.32 Å². The topological polar surface area (TPSA) is 88.0 Å². The summed E-state index contributed by atoms with van der Waals surface area (Å²) in [5, 5.41) is 12.1. The average Bonchev–Trinajstić information content (AvgIpc) is 3.00. The quantitative estimate of drug-likeness (QED) is 0.745. The fraction of sp³-hybridized carbons (Fsp3) is 0.150. The molecule has 2 N–H and O–H groups in total. The maximum Gasteiger partial charge on any atom is 0.341 e. The molecule has 1 saturated heterocycles. The Morgan fingerprint density at radius 2 is 1.96 bits per heavy atom. The van der Waals surface area contributed by atoms with E-state index in [0.717, 1.165) is 17.7 Å². The molecule has 7 heteroatoms. The van der Waals surface area contributed by atoms with E-state index in [1.807, 2.05) is 24.3 Å². The molecule has 0 radical (unpaired) electrons. The molecule has 6 nitrogen and oxygen atoms in total. The number of aryl methyl sites for hydroxylation is 1. The monoisotopic (exact) mass is 382 g/mol. The molecule has 2 aromatic rings. The van der Waals surface area contributed by atoms with Crippen LogP contribution in [0.5, 0.6) is 5.75 Å². The Labute approximate surface area is 161 Å². The van der Waals surface area contributed by atoms with Gasteiger partial charge in [0.2, 0.25) is 0 Å². The Bertz CT molecular complexity index is 937. The number of hydrogen-bond donors (Lipinski definition) is 2. The van der Waals surface area contributed by atoms with Crippen molar-refractivity contribution in [1.29, 1.82) is 0 Å². The number of hydrogen-bond acceptors (Lipinski definition) is 5. The van der Waals surface area contributed by atoms with Crippen LogP contribution in [0.25, 0.3) is 6.08 Å². The SMILES string of the molecule is CCc1ccccc1N=C1NC(=O)/C(=C\c2ccccc2OCC(=O)O)S1. The van der Waals surface area contributed by atoms with Crippen molar-refractivity contribution in [3.05, 3.63) is 64.6 Å². The summed E-state index contributed by atoms with van der Waals surface area (Å²) >= 11 is 1.24. The Hall–Kier alpha value is -3.06. The molecule has 1 aliphatic heterocycles. The highest BCUT2D eigenvalue weighted by atomic mass is 32.2. The minimum atomic E-state index is -1.06. The predicted octanol–water partition coefficient (Wildman–Crippen LogP) is 3.60. The molecule has 0 spiro atoms. The van der Waals surface area contributed by atoms with E-state index in [1.54, 1.807) is 30.3 Å². The van der Waals surface area contributed by atoms with Gasteiger partial charge in [0, 0.05) is 5.56 Å². The number of para-hydroxylation sites is 2. The maximum atomic E-state index is 12.3. The molecule has 138 valence electrons. The van der Waals surface area contributed by atoms with E-state index in [0.29, 0.717) is 21.4 Å². The van der Waals surface area contributed by atoms with Crippen LogP contribution in [0.4, 0.5) is 5.69 Å². The van der Waals surface area contributed by atoms with E-state index in [9.17, 15) is 9.59 Å². The molecule has 1 amide bonds. The van der Waals surface area contributed by atoms with E-state index < -0.39 is 12.6 Å². The van der Waals surface area contributed by atoms with Crippen molar-refractivity contribution in [2.45, 2.75) is 13.3 Å². The second-order valence-electron chi connectivity index (χ2n) is 5.68. The largest absolute Gasteiger partial charge is 0.481 e. The number of aliphatic carboxylic acids is 1. The summed E-state index contributed by atoms with van der Waals surface area (Å²) < 4.78 is 5.28. The van der Waals surface area contributed by atoms with Crippen LogP contribution < -0.4 is 10.1 Å². The fourth-order valence-corrected chi connectivity index (χ4v) is 3.35. The lowest BCUT2D eigenvalue weighted by molar-refractivity contribution is -0.139. The summed E-state index contributed by atoms with van der Waals surface area (Å²) in [7, 11) is 0. The van der Waals surface area contributed by atoms with Crippen molar-refractivity contribution in [2.75, 3.05) is 6.61 Å². The Morgan fingerprint density at radius 3 is 2.74 bits per heavy atom. The molecule has 0 aliphatic carbocycles. The zero-order valence-electron chi connectivity index (χ0n) is 14.6. The van der Waals surface area contributed by atoms with Gasteiger partial charge < -0.3 is 15.2 Å². The number of rotatable bonds is 6. The van der Waals surface area contributed by atoms with Crippen molar-refractivity contribution in [3.63, 3.8) is 0 Å². The van der Waals surface area contributed by atoms with Crippen LogP contribution in [0.2, 0.25) is 0 Å². The molecule has 2 aromatic carbocycles. The number of aliphatic imine (C=N–C) groups is 1. The van der Waals surface area contributed by atoms with Gasteiger partial charge in [0.1, 0.15) is 5.75 Å². The van der Waals surface area contributed by atoms with Crippen LogP contribution in [0, 0.1) is 0 Å². The van der Waals surface area contributed by atoms with E-state index >= 15 is 0 Å². The van der Waals surface area contributed by atoms with Crippen LogP contribution >= 0.6 is 11.8 Å². The highest BCUT2D eigenvalue weighted by molar-refractivity contribution is 8.18. The summed E-state index contributed by atoms with van der Waals surface area (Å²) in [4.78, 5) is 28.0. The van der Waals surface area contributed by atoms with Gasteiger partial charge in [-0.15, -0.1) is 0 Å². The summed E-state index contributed by atoms with van der Waals surface area (Å²) in [5.41, 5.74) is 2.56. The van der Waals surface area contributed by atoms with Gasteiger partial charge in [-0.3, -0.25) is 4.79 Å². The summed E-state index contributed by atoms with van der Waals surface area (Å²) in [6.07, 6.45) is 2.52. The van der Waals surface area contributed by atoms with Gasteiger partial charge in [-0.05, 0) is 42.0 Å². The number of benzene rings is 2. The first kappa shape index (κ1) is 18.7. The van der Waals surface area contributed by atoms with Crippen LogP contribution in [0.1, 0.15) is 18.1 Å². The molecule has 1 fully saturated rings. The molecule has 3 rings (SSSR count). The van der Waals surface area contributed by atoms with Crippen LogP contribution in [0.3, 0.4) is 0 Å². The van der Waals surface area contributed by atoms with E-state index in [4.69, 9.17) is 9.84 Å². The Balaban J connectivity index is 1.84. The van der Waals surface area contributed by atoms with Crippen molar-refractivity contribution in [2.24, 2.45) is 4.99 Å². The third-order valence-electron chi connectivity index (χ3n) is 3.80. The first-order valence-corrected chi connectivity index (χ1v) is 9.19. The smallest absolute Gasteiger partial charge is 0.341 e. The number of carbonyl (C=O) groups excluding carboxylic acids is 1. The van der Waals surface area contributed by atoms with E-state index in [-0.39, 0.29) is 5.91 Å². The zero-order valence-corrected chi connectivity index (χ0v) is 15.5. The van der Waals surface area contributed by atoms with Crippen molar-refractivity contribution < 1.29 is 19.4 Å². The summed E-state index contributed by atoms with van der Waals surface area (Å²) in [6.45, 7) is 1.61. The Morgan fingerprint density at radius 1 is 1.22 bits per heavy atom. The first-order valence-electron chi connectivity index (χ1n) is 8.38. The fourth-order valence-electron chi connectivity index (χ4n) is 2.52. The second kappa shape index (κ2) is 8.55. The number of carboxylic acid groups (broad SMARTS) is 1. The number of ether oxygens (including phenoxy) is 1. The van der Waals surface area contributed by atoms with Gasteiger partial charge in [0.15, 0.2) is 11.8 Å². The molecule has 0 unspecified atom stereocenters. The number of amides is 1. The number of nitrogens with zero attached hydrogens (tertiary/aromatic N) is 1. The van der Waals surface area contributed by atoms with Gasteiger partial charge in [-0.1, -0.05) is 43.3 Å². The summed E-state index contributed by atoms with van der Waals surface area (Å²) in [6, 6.07) is 14.8. The number of carboxylic acids is 1. The molecule has 0 aromatic heterocycles. The van der Waals surface area contributed by atoms with Crippen molar-refractivity contribution >= 4 is 40.6 Å². The standard InChI is InChI=1S/C20H18N2O4S/c1-2-13-7-3-5-9-15(13)21-20-22-19(25)17(27-20)11-14-8-4-6-10-16(14)26-12-18(23)24/h3-11H,2,12H2,1H3,(H,23,24)(H,21,22,25)/b17-11+. The number of thioether (sulfide) groups is 1. The van der Waals surface area contributed by atoms with Gasteiger partial charge in [-0.25, -0.2) is 9.79 Å². The molecule has 0 saturated carbocycles. The van der Waals surface area contributed by atoms with Gasteiger partial charge >= 0.3 is 5.97 Å². The zero-order chi connectivity index (χ0) is 19.2. The first-order chi connectivity index (χ1) is 13.1. The minimum absolute atomic E-state index is 0.249. The molecule has 0 bridgehead atoms. The van der Waals surface area contributed by atoms with Gasteiger partial charge in [0.25, 0.3) is 5.91 Å². The lowest BCUT2D eigenvalue weighted by Gasteiger charge is -2.06. The van der Waals surface area contributed by atoms with E-state index in [1.165, 1.54) is 11.8 Å². The summed E-state index contributed by atoms with van der Waals surface area (Å²) in [5.74, 6) is -0.905. The predicted molar refractivity (Wildman–Crippen MR) is 106 cm³/mol. The lowest BCUT2D eigenvalue weighted by atomic mass is 10.1. The Kier molecular flexibility index (Phi) is 5.93. The number of carbonyl (C=O) groups is 2. The minimum Gasteiger partial charge on any atom is -0.481 e. The number of amidine groups is 1. The molecule has 1 aliphatic rings. The molecule has 1 heterocycles. The highest BCUT2D eigenvalue weighted by Gasteiger charge is 2.24. The van der Waals surface area contributed by atoms with Gasteiger partial charge in [0.05, 0.1) is 10.6 Å². The normalized spacial score (nSPS) is 16.6. The van der Waals surface area contributed by atoms with Crippen LogP contribution in [0.15, 0.2) is 58.4 Å². The molecular weight excluding hydrogens is 364 g/mol. The van der Waals surface area contributed by atoms with Crippen molar-refractivity contribution in [3.8, 4) is 5.75 Å². The average molecular weight is 382 g/mol. The molecular formula is C20H18N2O4S. The third-order valence-corrected chi connectivity index (χ3v) is 4.71. The van der Waals surface area contributed by atoms with Crippen LogP contribution in [-0.4, -0.2) is 28.8 Å². The van der Waals surface area contributed by atoms with Crippen LogP contribution in [-0.2, 0) is 16.0 Å². The maximum absolute atomic E-state index is 12.3. The third kappa shape index (κ3) is 4.77. The molecule has 0 atom stereocenters. The highest BCUT2D eigenvalue weighted by Crippen LogP contribution is 2.31. The van der Waals surface area contributed by atoms with E-state index in [2.05, 4.69) is 17.2 Å². The lowest BCUT2D eigenvalue weighted by Crippen LogP contribution is -2.19. The second-order valence-corrected chi connectivity index (χ2v) is 6.71.